The Morgan fingerprint density at radius 2 is 2.00 bits per heavy atom. The van der Waals surface area contributed by atoms with Crippen molar-refractivity contribution >= 4 is 22.5 Å². The molecule has 1 aromatic carbocycles. The second kappa shape index (κ2) is 8.45. The number of likely N-dealkylation sites (N-methyl/N-ethyl adjacent to an activating group) is 1. The third kappa shape index (κ3) is 4.51. The average molecular weight is 319 g/mol. The predicted octanol–water partition coefficient (Wildman–Crippen LogP) is 2.74. The van der Waals surface area contributed by atoms with Crippen molar-refractivity contribution in [3.63, 3.8) is 0 Å². The van der Waals surface area contributed by atoms with Gasteiger partial charge in [0.05, 0.1) is 6.04 Å². The number of nitrogens with one attached hydrogen (secondary N) is 2. The highest BCUT2D eigenvalue weighted by Crippen LogP contribution is 2.19. The van der Waals surface area contributed by atoms with Crippen LogP contribution in [0, 0.1) is 0 Å². The van der Waals surface area contributed by atoms with Crippen LogP contribution >= 0.6 is 11.3 Å². The van der Waals surface area contributed by atoms with Crippen LogP contribution in [-0.2, 0) is 0 Å². The first kappa shape index (κ1) is 16.4. The lowest BCUT2D eigenvalue weighted by atomic mass is 10.1. The standard InChI is InChI=1S/C15H21N5OS/c1-3-20(4-2)13(12-8-6-5-7-9-12)10-16-14(21)18-15-19-17-11-22-15/h5-9,11,13H,3-4,10H2,1-2H3,(H2,16,18,19,21). The predicted molar refractivity (Wildman–Crippen MR) is 89.0 cm³/mol. The van der Waals surface area contributed by atoms with Crippen molar-refractivity contribution in [3.8, 4) is 0 Å². The van der Waals surface area contributed by atoms with Gasteiger partial charge in [-0.3, -0.25) is 10.2 Å². The zero-order valence-electron chi connectivity index (χ0n) is 12.8. The Morgan fingerprint density at radius 1 is 1.27 bits per heavy atom. The lowest BCUT2D eigenvalue weighted by Crippen LogP contribution is -2.39. The van der Waals surface area contributed by atoms with E-state index >= 15 is 0 Å². The second-order valence-corrected chi connectivity index (χ2v) is 5.56. The Labute approximate surface area is 134 Å². The minimum absolute atomic E-state index is 0.149. The molecule has 0 saturated carbocycles. The number of rotatable bonds is 7. The van der Waals surface area contributed by atoms with Gasteiger partial charge in [0.25, 0.3) is 0 Å². The van der Waals surface area contributed by atoms with Gasteiger partial charge in [-0.2, -0.15) is 0 Å². The van der Waals surface area contributed by atoms with Gasteiger partial charge in [0.1, 0.15) is 5.51 Å². The van der Waals surface area contributed by atoms with E-state index in [2.05, 4.69) is 51.7 Å². The average Bonchev–Trinajstić information content (AvgIpc) is 3.05. The Bertz CT molecular complexity index is 557. The first-order valence-electron chi connectivity index (χ1n) is 7.34. The van der Waals surface area contributed by atoms with Crippen molar-refractivity contribution < 1.29 is 4.79 Å². The number of benzene rings is 1. The molecule has 1 atom stereocenters. The van der Waals surface area contributed by atoms with Crippen molar-refractivity contribution in [1.82, 2.24) is 20.4 Å². The maximum absolute atomic E-state index is 11.9. The van der Waals surface area contributed by atoms with Gasteiger partial charge in [-0.15, -0.1) is 10.2 Å². The normalized spacial score (nSPS) is 12.1. The first-order chi connectivity index (χ1) is 10.7. The van der Waals surface area contributed by atoms with Crippen LogP contribution in [0.25, 0.3) is 0 Å². The van der Waals surface area contributed by atoms with Crippen molar-refractivity contribution in [1.29, 1.82) is 0 Å². The summed E-state index contributed by atoms with van der Waals surface area (Å²) in [5.41, 5.74) is 2.78. The van der Waals surface area contributed by atoms with Crippen LogP contribution in [0.2, 0.25) is 0 Å². The minimum atomic E-state index is -0.259. The lowest BCUT2D eigenvalue weighted by molar-refractivity contribution is 0.210. The molecule has 7 heteroatoms. The molecule has 118 valence electrons. The molecule has 22 heavy (non-hydrogen) atoms. The van der Waals surface area contributed by atoms with Crippen molar-refractivity contribution in [2.24, 2.45) is 0 Å². The fourth-order valence-corrected chi connectivity index (χ4v) is 2.80. The quantitative estimate of drug-likeness (QED) is 0.823. The molecule has 2 amide bonds. The smallest absolute Gasteiger partial charge is 0.321 e. The summed E-state index contributed by atoms with van der Waals surface area (Å²) in [5, 5.41) is 13.6. The Hall–Kier alpha value is -1.99. The van der Waals surface area contributed by atoms with E-state index in [4.69, 9.17) is 0 Å². The molecule has 0 fully saturated rings. The summed E-state index contributed by atoms with van der Waals surface area (Å²) < 4.78 is 0. The molecular weight excluding hydrogens is 298 g/mol. The van der Waals surface area contributed by atoms with Crippen LogP contribution in [0.15, 0.2) is 35.8 Å². The molecular formula is C15H21N5OS. The number of amides is 2. The lowest BCUT2D eigenvalue weighted by Gasteiger charge is -2.30. The van der Waals surface area contributed by atoms with Crippen molar-refractivity contribution in [3.05, 3.63) is 41.4 Å². The number of nitrogens with zero attached hydrogens (tertiary/aromatic N) is 3. The van der Waals surface area contributed by atoms with Gasteiger partial charge in [-0.05, 0) is 18.7 Å². The fourth-order valence-electron chi connectivity index (χ4n) is 2.36. The number of anilines is 1. The van der Waals surface area contributed by atoms with E-state index in [-0.39, 0.29) is 12.1 Å². The van der Waals surface area contributed by atoms with E-state index in [1.54, 1.807) is 5.51 Å². The number of aromatic nitrogens is 2. The van der Waals surface area contributed by atoms with E-state index in [0.29, 0.717) is 11.7 Å². The SMILES string of the molecule is CCN(CC)C(CNC(=O)Nc1nncs1)c1ccccc1. The fraction of sp³-hybridized carbons (Fsp3) is 0.400. The van der Waals surface area contributed by atoms with Crippen molar-refractivity contribution in [2.75, 3.05) is 25.0 Å². The number of carbonyl (C=O) groups excluding carboxylic acids is 1. The molecule has 0 spiro atoms. The van der Waals surface area contributed by atoms with Crippen LogP contribution in [0.5, 0.6) is 0 Å². The number of hydrogen-bond donors (Lipinski definition) is 2. The van der Waals surface area contributed by atoms with Crippen LogP contribution in [0.1, 0.15) is 25.5 Å². The summed E-state index contributed by atoms with van der Waals surface area (Å²) in [4.78, 5) is 14.3. The molecule has 1 heterocycles. The molecule has 2 rings (SSSR count). The zero-order chi connectivity index (χ0) is 15.8. The second-order valence-electron chi connectivity index (χ2n) is 4.73. The van der Waals surface area contributed by atoms with E-state index in [1.807, 2.05) is 18.2 Å². The highest BCUT2D eigenvalue weighted by Gasteiger charge is 2.18. The van der Waals surface area contributed by atoms with E-state index in [9.17, 15) is 4.79 Å². The maximum Gasteiger partial charge on any atom is 0.321 e. The van der Waals surface area contributed by atoms with E-state index in [1.165, 1.54) is 16.9 Å². The molecule has 1 aromatic heterocycles. The molecule has 0 aliphatic rings. The third-order valence-electron chi connectivity index (χ3n) is 3.47. The summed E-state index contributed by atoms with van der Waals surface area (Å²) in [6, 6.07) is 10.1. The van der Waals surface area contributed by atoms with Gasteiger partial charge in [0.15, 0.2) is 0 Å². The first-order valence-corrected chi connectivity index (χ1v) is 8.22. The highest BCUT2D eigenvalue weighted by molar-refractivity contribution is 7.13. The molecule has 0 bridgehead atoms. The molecule has 2 N–H and O–H groups in total. The number of urea groups is 1. The van der Waals surface area contributed by atoms with Gasteiger partial charge < -0.3 is 5.32 Å². The molecule has 0 radical (unpaired) electrons. The van der Waals surface area contributed by atoms with Gasteiger partial charge in [0, 0.05) is 6.54 Å². The summed E-state index contributed by atoms with van der Waals surface area (Å²) >= 11 is 1.29. The van der Waals surface area contributed by atoms with Gasteiger partial charge in [-0.1, -0.05) is 55.5 Å². The Balaban J connectivity index is 1.99. The van der Waals surface area contributed by atoms with Gasteiger partial charge in [-0.25, -0.2) is 4.79 Å². The van der Waals surface area contributed by atoms with Crippen LogP contribution < -0.4 is 10.6 Å². The summed E-state index contributed by atoms with van der Waals surface area (Å²) in [6.45, 7) is 6.64. The third-order valence-corrected chi connectivity index (χ3v) is 4.08. The summed E-state index contributed by atoms with van der Waals surface area (Å²) in [6.07, 6.45) is 0. The van der Waals surface area contributed by atoms with Crippen LogP contribution in [-0.4, -0.2) is 40.8 Å². The molecule has 0 aliphatic heterocycles. The van der Waals surface area contributed by atoms with Crippen LogP contribution in [0.3, 0.4) is 0 Å². The number of hydrogen-bond acceptors (Lipinski definition) is 5. The minimum Gasteiger partial charge on any atom is -0.336 e. The van der Waals surface area contributed by atoms with Crippen molar-refractivity contribution in [2.45, 2.75) is 19.9 Å². The van der Waals surface area contributed by atoms with Crippen LogP contribution in [0.4, 0.5) is 9.93 Å². The maximum atomic E-state index is 11.9. The monoisotopic (exact) mass is 319 g/mol. The summed E-state index contributed by atoms with van der Waals surface area (Å²) in [7, 11) is 0. The largest absolute Gasteiger partial charge is 0.336 e. The number of carbonyl (C=O) groups is 1. The Kier molecular flexibility index (Phi) is 6.29. The van der Waals surface area contributed by atoms with Gasteiger partial charge >= 0.3 is 6.03 Å². The van der Waals surface area contributed by atoms with E-state index in [0.717, 1.165) is 13.1 Å². The zero-order valence-corrected chi connectivity index (χ0v) is 13.6. The molecule has 2 aromatic rings. The molecule has 0 aliphatic carbocycles. The molecule has 6 nitrogen and oxygen atoms in total. The summed E-state index contributed by atoms with van der Waals surface area (Å²) in [5.74, 6) is 0. The van der Waals surface area contributed by atoms with Gasteiger partial charge in [0.2, 0.25) is 5.13 Å². The molecule has 0 saturated heterocycles. The van der Waals surface area contributed by atoms with E-state index < -0.39 is 0 Å². The Morgan fingerprint density at radius 3 is 2.59 bits per heavy atom. The topological polar surface area (TPSA) is 70.2 Å². The molecule has 1 unspecified atom stereocenters. The highest BCUT2D eigenvalue weighted by atomic mass is 32.1.